The average Bonchev–Trinajstić information content (AvgIpc) is 2.32. The van der Waals surface area contributed by atoms with Gasteiger partial charge in [0.1, 0.15) is 6.04 Å². The molecule has 5 N–H and O–H groups in total. The van der Waals surface area contributed by atoms with Gasteiger partial charge in [-0.15, -0.1) is 0 Å². The van der Waals surface area contributed by atoms with Crippen molar-refractivity contribution in [2.24, 2.45) is 5.73 Å². The molecule has 0 fully saturated rings. The number of esters is 1. The summed E-state index contributed by atoms with van der Waals surface area (Å²) in [5, 5.41) is 25.7. The third-order valence-electron chi connectivity index (χ3n) is 1.94. The second kappa shape index (κ2) is 9.59. The SMILES string of the molecule is N[C@H](CSCCCO)C(=O)OC(CC(=O)O)C(=O)O. The Labute approximate surface area is 113 Å². The lowest BCUT2D eigenvalue weighted by Gasteiger charge is -2.15. The monoisotopic (exact) mass is 295 g/mol. The minimum atomic E-state index is -1.74. The number of aliphatic hydroxyl groups is 1. The summed E-state index contributed by atoms with van der Waals surface area (Å²) in [5.41, 5.74) is 5.48. The molecule has 0 saturated carbocycles. The number of hydrogen-bond donors (Lipinski definition) is 4. The molecule has 0 aliphatic rings. The molecule has 2 atom stereocenters. The Morgan fingerprint density at radius 1 is 1.26 bits per heavy atom. The highest BCUT2D eigenvalue weighted by Gasteiger charge is 2.27. The molecule has 0 rings (SSSR count). The Hall–Kier alpha value is -1.32. The lowest BCUT2D eigenvalue weighted by atomic mass is 10.2. The third-order valence-corrected chi connectivity index (χ3v) is 3.11. The number of carboxylic acid groups (broad SMARTS) is 2. The van der Waals surface area contributed by atoms with E-state index in [9.17, 15) is 14.4 Å². The third kappa shape index (κ3) is 8.41. The molecule has 0 aromatic heterocycles. The first-order chi connectivity index (χ1) is 8.88. The number of thioether (sulfide) groups is 1. The zero-order chi connectivity index (χ0) is 14.8. The molecular formula is C10H17NO7S. The zero-order valence-corrected chi connectivity index (χ0v) is 11.0. The van der Waals surface area contributed by atoms with Gasteiger partial charge in [0.15, 0.2) is 0 Å². The van der Waals surface area contributed by atoms with Crippen molar-refractivity contribution in [3.8, 4) is 0 Å². The van der Waals surface area contributed by atoms with Gasteiger partial charge >= 0.3 is 17.9 Å². The molecule has 0 amide bonds. The van der Waals surface area contributed by atoms with Gasteiger partial charge in [-0.05, 0) is 12.2 Å². The number of ether oxygens (including phenoxy) is 1. The Bertz CT molecular complexity index is 323. The van der Waals surface area contributed by atoms with Gasteiger partial charge < -0.3 is 25.8 Å². The summed E-state index contributed by atoms with van der Waals surface area (Å²) in [4.78, 5) is 32.5. The molecule has 0 aromatic rings. The van der Waals surface area contributed by atoms with E-state index in [2.05, 4.69) is 4.74 Å². The van der Waals surface area contributed by atoms with Crippen LogP contribution < -0.4 is 5.73 Å². The van der Waals surface area contributed by atoms with Crippen LogP contribution in [0, 0.1) is 0 Å². The molecule has 0 radical (unpaired) electrons. The Morgan fingerprint density at radius 3 is 2.37 bits per heavy atom. The van der Waals surface area contributed by atoms with E-state index < -0.39 is 36.5 Å². The standard InChI is InChI=1S/C10H17NO7S/c11-6(5-19-3-1-2-12)10(17)18-7(9(15)16)4-8(13)14/h6-7,12H,1-5,11H2,(H,13,14)(H,15,16)/t6-,7?/m1/s1. The normalized spacial score (nSPS) is 13.6. The second-order valence-corrected chi connectivity index (χ2v) is 4.77. The van der Waals surface area contributed by atoms with E-state index in [0.29, 0.717) is 12.2 Å². The number of aliphatic carboxylic acids is 2. The number of carbonyl (C=O) groups excluding carboxylic acids is 1. The van der Waals surface area contributed by atoms with Crippen LogP contribution in [-0.4, -0.2) is 63.5 Å². The molecule has 0 aromatic carbocycles. The Morgan fingerprint density at radius 2 is 1.89 bits per heavy atom. The van der Waals surface area contributed by atoms with Crippen LogP contribution >= 0.6 is 11.8 Å². The smallest absolute Gasteiger partial charge is 0.345 e. The lowest BCUT2D eigenvalue weighted by molar-refractivity contribution is -0.167. The summed E-state index contributed by atoms with van der Waals surface area (Å²) < 4.78 is 4.53. The van der Waals surface area contributed by atoms with Crippen LogP contribution in [0.25, 0.3) is 0 Å². The van der Waals surface area contributed by atoms with E-state index in [0.717, 1.165) is 0 Å². The highest BCUT2D eigenvalue weighted by molar-refractivity contribution is 7.99. The van der Waals surface area contributed by atoms with Crippen molar-refractivity contribution in [2.45, 2.75) is 25.0 Å². The maximum Gasteiger partial charge on any atom is 0.345 e. The summed E-state index contributed by atoms with van der Waals surface area (Å²) in [5.74, 6) is -3.06. The van der Waals surface area contributed by atoms with Gasteiger partial charge in [-0.2, -0.15) is 11.8 Å². The Balaban J connectivity index is 4.16. The zero-order valence-electron chi connectivity index (χ0n) is 10.2. The molecule has 9 heteroatoms. The van der Waals surface area contributed by atoms with Crippen molar-refractivity contribution in [1.29, 1.82) is 0 Å². The van der Waals surface area contributed by atoms with Crippen LogP contribution in [0.2, 0.25) is 0 Å². The molecule has 0 spiro atoms. The van der Waals surface area contributed by atoms with Gasteiger partial charge in [-0.3, -0.25) is 9.59 Å². The lowest BCUT2D eigenvalue weighted by Crippen LogP contribution is -2.39. The van der Waals surface area contributed by atoms with Gasteiger partial charge in [-0.1, -0.05) is 0 Å². The summed E-state index contributed by atoms with van der Waals surface area (Å²) in [6.07, 6.45) is -1.99. The highest BCUT2D eigenvalue weighted by Crippen LogP contribution is 2.07. The van der Waals surface area contributed by atoms with Crippen molar-refractivity contribution < 1.29 is 34.4 Å². The minimum absolute atomic E-state index is 0.0341. The molecule has 0 heterocycles. The summed E-state index contributed by atoms with van der Waals surface area (Å²) in [6.45, 7) is 0.0341. The van der Waals surface area contributed by atoms with Crippen LogP contribution in [0.15, 0.2) is 0 Å². The molecule has 8 nitrogen and oxygen atoms in total. The van der Waals surface area contributed by atoms with E-state index in [1.165, 1.54) is 11.8 Å². The molecule has 0 bridgehead atoms. The summed E-state index contributed by atoms with van der Waals surface area (Å²) in [6, 6.07) is -1.03. The van der Waals surface area contributed by atoms with Gasteiger partial charge in [-0.25, -0.2) is 4.79 Å². The number of carbonyl (C=O) groups is 3. The Kier molecular flexibility index (Phi) is 8.92. The maximum atomic E-state index is 11.4. The molecule has 0 saturated heterocycles. The van der Waals surface area contributed by atoms with Crippen LogP contribution in [0.1, 0.15) is 12.8 Å². The van der Waals surface area contributed by atoms with Crippen molar-refractivity contribution >= 4 is 29.7 Å². The number of hydrogen-bond acceptors (Lipinski definition) is 7. The first-order valence-electron chi connectivity index (χ1n) is 5.47. The van der Waals surface area contributed by atoms with Crippen molar-refractivity contribution in [2.75, 3.05) is 18.1 Å². The predicted octanol–water partition coefficient (Wildman–Crippen LogP) is -1.10. The van der Waals surface area contributed by atoms with Crippen LogP contribution in [0.5, 0.6) is 0 Å². The van der Waals surface area contributed by atoms with Gasteiger partial charge in [0.2, 0.25) is 6.10 Å². The first-order valence-corrected chi connectivity index (χ1v) is 6.63. The van der Waals surface area contributed by atoms with Gasteiger partial charge in [0.05, 0.1) is 6.42 Å². The fourth-order valence-electron chi connectivity index (χ4n) is 1.01. The summed E-state index contributed by atoms with van der Waals surface area (Å²) >= 11 is 1.31. The highest BCUT2D eigenvalue weighted by atomic mass is 32.2. The molecule has 110 valence electrons. The molecular weight excluding hydrogens is 278 g/mol. The van der Waals surface area contributed by atoms with E-state index in [4.69, 9.17) is 21.1 Å². The number of nitrogens with two attached hydrogens (primary N) is 1. The fourth-order valence-corrected chi connectivity index (χ4v) is 1.90. The average molecular weight is 295 g/mol. The summed E-state index contributed by atoms with van der Waals surface area (Å²) in [7, 11) is 0. The molecule has 0 aliphatic carbocycles. The maximum absolute atomic E-state index is 11.4. The fraction of sp³-hybridized carbons (Fsp3) is 0.700. The number of aliphatic hydroxyl groups excluding tert-OH is 1. The molecule has 19 heavy (non-hydrogen) atoms. The van der Waals surface area contributed by atoms with E-state index in [1.54, 1.807) is 0 Å². The largest absolute Gasteiger partial charge is 0.481 e. The van der Waals surface area contributed by atoms with E-state index in [1.807, 2.05) is 0 Å². The second-order valence-electron chi connectivity index (χ2n) is 3.62. The molecule has 1 unspecified atom stereocenters. The van der Waals surface area contributed by atoms with E-state index in [-0.39, 0.29) is 12.4 Å². The number of rotatable bonds is 10. The van der Waals surface area contributed by atoms with Gasteiger partial charge in [0, 0.05) is 12.4 Å². The first kappa shape index (κ1) is 17.7. The quantitative estimate of drug-likeness (QED) is 0.291. The topological polar surface area (TPSA) is 147 Å². The van der Waals surface area contributed by atoms with Crippen molar-refractivity contribution in [3.05, 3.63) is 0 Å². The van der Waals surface area contributed by atoms with Crippen LogP contribution in [0.3, 0.4) is 0 Å². The molecule has 0 aliphatic heterocycles. The van der Waals surface area contributed by atoms with Crippen LogP contribution in [0.4, 0.5) is 0 Å². The van der Waals surface area contributed by atoms with E-state index >= 15 is 0 Å². The van der Waals surface area contributed by atoms with Crippen molar-refractivity contribution in [1.82, 2.24) is 0 Å². The van der Waals surface area contributed by atoms with Crippen molar-refractivity contribution in [3.63, 3.8) is 0 Å². The number of carboxylic acids is 2. The predicted molar refractivity (Wildman–Crippen MR) is 66.8 cm³/mol. The van der Waals surface area contributed by atoms with Crippen LogP contribution in [-0.2, 0) is 19.1 Å². The minimum Gasteiger partial charge on any atom is -0.481 e. The van der Waals surface area contributed by atoms with Gasteiger partial charge in [0.25, 0.3) is 0 Å².